The number of methoxy groups -OCH3 is 2. The number of aromatic nitrogens is 1. The number of carbonyl (C=O) groups excluding carboxylic acids is 3. The van der Waals surface area contributed by atoms with Crippen LogP contribution in [-0.2, 0) is 11.0 Å². The van der Waals surface area contributed by atoms with E-state index in [9.17, 15) is 27.6 Å². The van der Waals surface area contributed by atoms with E-state index in [-0.39, 0.29) is 23.3 Å². The second-order valence-corrected chi connectivity index (χ2v) is 9.72. The number of pyridine rings is 1. The van der Waals surface area contributed by atoms with Gasteiger partial charge in [0, 0.05) is 34.7 Å². The van der Waals surface area contributed by atoms with Crippen molar-refractivity contribution in [2.75, 3.05) is 20.8 Å². The van der Waals surface area contributed by atoms with Crippen molar-refractivity contribution in [2.45, 2.75) is 32.9 Å². The first-order valence-electron chi connectivity index (χ1n) is 13.5. The van der Waals surface area contributed by atoms with Gasteiger partial charge in [-0.05, 0) is 68.8 Å². The number of carbonyl (C=O) groups is 3. The van der Waals surface area contributed by atoms with Crippen molar-refractivity contribution < 1.29 is 41.8 Å². The fourth-order valence-electron chi connectivity index (χ4n) is 4.54. The molecule has 234 valence electrons. The average Bonchev–Trinajstić information content (AvgIpc) is 3.27. The van der Waals surface area contributed by atoms with Gasteiger partial charge in [0.05, 0.1) is 36.4 Å². The first-order chi connectivity index (χ1) is 21.4. The van der Waals surface area contributed by atoms with Crippen LogP contribution in [0.5, 0.6) is 23.1 Å². The number of ketones is 1. The van der Waals surface area contributed by atoms with Crippen molar-refractivity contribution in [1.29, 1.82) is 10.8 Å². The molecule has 0 bridgehead atoms. The molecule has 0 aliphatic carbocycles. The topological polar surface area (TPSA) is 143 Å². The minimum atomic E-state index is -4.45. The molecule has 1 aliphatic rings. The van der Waals surface area contributed by atoms with Crippen molar-refractivity contribution >= 4 is 28.5 Å². The Morgan fingerprint density at radius 2 is 1.56 bits per heavy atom. The first kappa shape index (κ1) is 34.0. The van der Waals surface area contributed by atoms with Crippen LogP contribution >= 0.6 is 0 Å². The Morgan fingerprint density at radius 1 is 0.911 bits per heavy atom. The zero-order valence-electron chi connectivity index (χ0n) is 24.8. The van der Waals surface area contributed by atoms with E-state index in [1.54, 1.807) is 42.5 Å². The quantitative estimate of drug-likeness (QED) is 0.149. The molecule has 45 heavy (non-hydrogen) atoms. The number of fused-ring (bicyclic) bond motifs is 2. The Hall–Kier alpha value is -5.51. The molecule has 1 aliphatic heterocycles. The third kappa shape index (κ3) is 7.91. The molecule has 0 radical (unpaired) electrons. The van der Waals surface area contributed by atoms with Crippen molar-refractivity contribution in [3.05, 3.63) is 89.0 Å². The first-order valence-corrected chi connectivity index (χ1v) is 13.5. The van der Waals surface area contributed by atoms with Crippen molar-refractivity contribution in [3.63, 3.8) is 0 Å². The summed E-state index contributed by atoms with van der Waals surface area (Å²) in [4.78, 5) is 40.2. The lowest BCUT2D eigenvalue weighted by molar-refractivity contribution is -0.137. The number of hydrogen-bond acceptors (Lipinski definition) is 9. The highest BCUT2D eigenvalue weighted by Gasteiger charge is 2.34. The molecule has 0 saturated heterocycles. The maximum Gasteiger partial charge on any atom is 0.416 e. The van der Waals surface area contributed by atoms with Crippen LogP contribution in [0, 0.1) is 17.7 Å². The maximum atomic E-state index is 12.9. The normalized spacial score (nSPS) is 12.0. The molecule has 0 unspecified atom stereocenters. The number of amides is 2. The summed E-state index contributed by atoms with van der Waals surface area (Å²) in [7, 11) is 2.98. The summed E-state index contributed by atoms with van der Waals surface area (Å²) in [6.45, 7) is 3.63. The molecule has 2 amide bonds. The molecule has 0 N–H and O–H groups in total. The van der Waals surface area contributed by atoms with E-state index in [0.717, 1.165) is 17.7 Å². The van der Waals surface area contributed by atoms with Crippen LogP contribution in [-0.4, -0.2) is 48.2 Å². The number of hydrogen-bond donors (Lipinski definition) is 0. The lowest BCUT2D eigenvalue weighted by Crippen LogP contribution is -2.30. The Bertz CT molecular complexity index is 1700. The molecule has 0 saturated carbocycles. The lowest BCUT2D eigenvalue weighted by atomic mass is 10.1. The third-order valence-corrected chi connectivity index (χ3v) is 6.64. The molecule has 2 heterocycles. The number of benzene rings is 3. The molecule has 3 aromatic carbocycles. The molecule has 5 rings (SSSR count). The van der Waals surface area contributed by atoms with Gasteiger partial charge in [-0.25, -0.2) is 4.98 Å². The second-order valence-electron chi connectivity index (χ2n) is 9.72. The summed E-state index contributed by atoms with van der Waals surface area (Å²) < 4.78 is 55.1. The molecule has 0 atom stereocenters. The van der Waals surface area contributed by atoms with E-state index in [1.165, 1.54) is 38.2 Å². The fourth-order valence-corrected chi connectivity index (χ4v) is 4.54. The van der Waals surface area contributed by atoms with Crippen LogP contribution < -0.4 is 14.2 Å². The van der Waals surface area contributed by atoms with E-state index in [1.807, 2.05) is 6.92 Å². The molecule has 1 aromatic heterocycles. The Labute approximate surface area is 256 Å². The van der Waals surface area contributed by atoms with E-state index < -0.39 is 11.7 Å². The number of halogens is 3. The van der Waals surface area contributed by atoms with Gasteiger partial charge < -0.3 is 19.0 Å². The summed E-state index contributed by atoms with van der Waals surface area (Å²) in [5, 5.41) is 12.6. The van der Waals surface area contributed by atoms with E-state index in [2.05, 4.69) is 4.98 Å². The van der Waals surface area contributed by atoms with Gasteiger partial charge in [-0.15, -0.1) is 0 Å². The standard InChI is InChI=1S/C19H16F3NO3.C13H13NO3.N2/c1-11-9-14-15(23-18(11)25-3)7-8-16(24-2)17(14)26-13-6-4-5-12(10-13)19(20,21)22;1-9(15)5-4-8-14-12(16)10-6-2-3-7-11(10)13(14)17;1-2/h4-10H,1-3H3;2-3,6-7H,4-5,8H2,1H3;. The van der Waals surface area contributed by atoms with Crippen LogP contribution in [0.25, 0.3) is 10.9 Å². The number of aryl methyl sites for hydroxylation is 1. The Kier molecular flexibility index (Phi) is 11.2. The average molecular weight is 623 g/mol. The Balaban J connectivity index is 0.000000251. The second kappa shape index (κ2) is 14.8. The monoisotopic (exact) mass is 622 g/mol. The van der Waals surface area contributed by atoms with Crippen molar-refractivity contribution in [1.82, 2.24) is 9.88 Å². The fraction of sp³-hybridized carbons (Fsp3) is 0.250. The summed E-state index contributed by atoms with van der Waals surface area (Å²) in [6.07, 6.45) is -3.53. The number of nitrogens with zero attached hydrogens (tertiary/aromatic N) is 4. The SMILES string of the molecule is CC(=O)CCCN1C(=O)c2ccccc2C1=O.COc1ccc2nc(OC)c(C)cc2c1Oc1cccc(C(F)(F)F)c1.N#N. The number of imide groups is 1. The van der Waals surface area contributed by atoms with E-state index in [0.29, 0.717) is 58.8 Å². The van der Waals surface area contributed by atoms with Crippen LogP contribution in [0.1, 0.15) is 51.6 Å². The molecule has 4 aromatic rings. The molecule has 0 spiro atoms. The van der Waals surface area contributed by atoms with Gasteiger partial charge in [-0.2, -0.15) is 13.2 Å². The highest BCUT2D eigenvalue weighted by Crippen LogP contribution is 2.41. The van der Waals surface area contributed by atoms with E-state index in [4.69, 9.17) is 25.0 Å². The summed E-state index contributed by atoms with van der Waals surface area (Å²) in [5.74, 6) is 0.764. The molecule has 13 heteroatoms. The molecule has 0 fully saturated rings. The highest BCUT2D eigenvalue weighted by molar-refractivity contribution is 6.21. The smallest absolute Gasteiger partial charge is 0.416 e. The largest absolute Gasteiger partial charge is 0.493 e. The lowest BCUT2D eigenvalue weighted by Gasteiger charge is -2.15. The number of alkyl halides is 3. The zero-order chi connectivity index (χ0) is 33.3. The van der Waals surface area contributed by atoms with Gasteiger partial charge in [-0.3, -0.25) is 14.5 Å². The number of ether oxygens (including phenoxy) is 3. The summed E-state index contributed by atoms with van der Waals surface area (Å²) in [6, 6.07) is 16.6. The number of rotatable bonds is 8. The minimum Gasteiger partial charge on any atom is -0.493 e. The predicted octanol–water partition coefficient (Wildman–Crippen LogP) is 7.05. The van der Waals surface area contributed by atoms with Gasteiger partial charge in [0.2, 0.25) is 5.88 Å². The van der Waals surface area contributed by atoms with Crippen molar-refractivity contribution in [2.24, 2.45) is 0 Å². The van der Waals surface area contributed by atoms with Crippen molar-refractivity contribution in [3.8, 4) is 23.1 Å². The predicted molar refractivity (Wildman–Crippen MR) is 156 cm³/mol. The Morgan fingerprint density at radius 3 is 2.11 bits per heavy atom. The molecular formula is C32H29F3N4O6. The van der Waals surface area contributed by atoms with Crippen LogP contribution in [0.3, 0.4) is 0 Å². The zero-order valence-corrected chi connectivity index (χ0v) is 24.8. The van der Waals surface area contributed by atoms with Gasteiger partial charge in [-0.1, -0.05) is 18.2 Å². The van der Waals surface area contributed by atoms with E-state index >= 15 is 0 Å². The van der Waals surface area contributed by atoms with Crippen LogP contribution in [0.4, 0.5) is 13.2 Å². The van der Waals surface area contributed by atoms with Crippen LogP contribution in [0.15, 0.2) is 66.7 Å². The molecular weight excluding hydrogens is 593 g/mol. The van der Waals surface area contributed by atoms with Gasteiger partial charge in [0.25, 0.3) is 11.8 Å². The maximum absolute atomic E-state index is 12.9. The third-order valence-electron chi connectivity index (χ3n) is 6.64. The van der Waals surface area contributed by atoms with Gasteiger partial charge in [0.15, 0.2) is 11.5 Å². The number of Topliss-reactive ketones (excluding diaryl/α,β-unsaturated/α-hetero) is 1. The molecule has 10 nitrogen and oxygen atoms in total. The highest BCUT2D eigenvalue weighted by atomic mass is 19.4. The van der Waals surface area contributed by atoms with Gasteiger partial charge >= 0.3 is 6.18 Å². The summed E-state index contributed by atoms with van der Waals surface area (Å²) in [5.41, 5.74) is 1.48. The minimum absolute atomic E-state index is 0.0547. The van der Waals surface area contributed by atoms with Gasteiger partial charge in [0.1, 0.15) is 11.5 Å². The summed E-state index contributed by atoms with van der Waals surface area (Å²) >= 11 is 0. The van der Waals surface area contributed by atoms with Crippen LogP contribution in [0.2, 0.25) is 0 Å².